The summed E-state index contributed by atoms with van der Waals surface area (Å²) in [5, 5.41) is 6.35. The van der Waals surface area contributed by atoms with E-state index in [1.165, 1.54) is 0 Å². The highest BCUT2D eigenvalue weighted by molar-refractivity contribution is 5.79. The van der Waals surface area contributed by atoms with Crippen molar-refractivity contribution in [3.05, 3.63) is 35.1 Å². The Morgan fingerprint density at radius 1 is 1.23 bits per heavy atom. The topological polar surface area (TPSA) is 54.9 Å². The summed E-state index contributed by atoms with van der Waals surface area (Å²) in [6.45, 7) is 4.95. The molecule has 0 spiro atoms. The second-order valence-electron chi connectivity index (χ2n) is 4.89. The second-order valence-corrected chi connectivity index (χ2v) is 4.89. The van der Waals surface area contributed by atoms with Crippen molar-refractivity contribution in [2.24, 2.45) is 4.99 Å². The van der Waals surface area contributed by atoms with Crippen molar-refractivity contribution in [2.75, 3.05) is 40.5 Å². The van der Waals surface area contributed by atoms with Crippen molar-refractivity contribution in [3.63, 3.8) is 0 Å². The lowest BCUT2D eigenvalue weighted by atomic mass is 10.1. The van der Waals surface area contributed by atoms with Gasteiger partial charge in [0.1, 0.15) is 5.82 Å². The molecule has 0 fully saturated rings. The molecule has 1 aromatic carbocycles. The van der Waals surface area contributed by atoms with E-state index in [2.05, 4.69) is 15.6 Å². The van der Waals surface area contributed by atoms with E-state index in [1.807, 2.05) is 6.07 Å². The van der Waals surface area contributed by atoms with Gasteiger partial charge in [-0.05, 0) is 30.5 Å². The Hall–Kier alpha value is -1.66. The van der Waals surface area contributed by atoms with Crippen LogP contribution in [0.2, 0.25) is 0 Å². The summed E-state index contributed by atoms with van der Waals surface area (Å²) in [6.07, 6.45) is 0.879. The monoisotopic (exact) mass is 311 g/mol. The minimum atomic E-state index is -0.185. The number of methoxy groups -OCH3 is 1. The predicted octanol–water partition coefficient (Wildman–Crippen LogP) is 1.85. The Balaban J connectivity index is 2.21. The molecule has 0 unspecified atom stereocenters. The first-order chi connectivity index (χ1) is 10.7. The van der Waals surface area contributed by atoms with Gasteiger partial charge in [-0.2, -0.15) is 0 Å². The molecule has 0 aromatic heterocycles. The summed E-state index contributed by atoms with van der Waals surface area (Å²) in [4.78, 5) is 4.13. The Kier molecular flexibility index (Phi) is 9.18. The smallest absolute Gasteiger partial charge is 0.191 e. The van der Waals surface area contributed by atoms with Gasteiger partial charge in [-0.1, -0.05) is 12.1 Å². The second kappa shape index (κ2) is 11.0. The Labute approximate surface area is 131 Å². The van der Waals surface area contributed by atoms with E-state index in [9.17, 15) is 4.39 Å². The summed E-state index contributed by atoms with van der Waals surface area (Å²) < 4.78 is 23.7. The van der Waals surface area contributed by atoms with E-state index in [1.54, 1.807) is 33.2 Å². The highest BCUT2D eigenvalue weighted by Gasteiger charge is 2.01. The van der Waals surface area contributed by atoms with Crippen LogP contribution in [0.5, 0.6) is 0 Å². The summed E-state index contributed by atoms with van der Waals surface area (Å²) >= 11 is 0. The summed E-state index contributed by atoms with van der Waals surface area (Å²) in [7, 11) is 3.36. The molecule has 6 heteroatoms. The normalized spacial score (nSPS) is 11.5. The molecule has 0 saturated heterocycles. The molecule has 0 radical (unpaired) electrons. The quantitative estimate of drug-likeness (QED) is 0.415. The highest BCUT2D eigenvalue weighted by atomic mass is 19.1. The molecule has 0 saturated carbocycles. The lowest BCUT2D eigenvalue weighted by molar-refractivity contribution is 0.0698. The molecule has 0 aliphatic carbocycles. The van der Waals surface area contributed by atoms with Crippen molar-refractivity contribution in [2.45, 2.75) is 19.9 Å². The van der Waals surface area contributed by atoms with Crippen LogP contribution in [-0.2, 0) is 16.0 Å². The van der Waals surface area contributed by atoms with Gasteiger partial charge >= 0.3 is 0 Å². The Morgan fingerprint density at radius 2 is 2.05 bits per heavy atom. The first-order valence-electron chi connectivity index (χ1n) is 7.43. The van der Waals surface area contributed by atoms with Crippen molar-refractivity contribution < 1.29 is 13.9 Å². The van der Waals surface area contributed by atoms with E-state index >= 15 is 0 Å². The molecule has 0 bridgehead atoms. The maximum absolute atomic E-state index is 13.5. The van der Waals surface area contributed by atoms with E-state index in [0.29, 0.717) is 37.9 Å². The third-order valence-corrected chi connectivity index (χ3v) is 3.11. The number of aryl methyl sites for hydroxylation is 1. The zero-order chi connectivity index (χ0) is 16.2. The first-order valence-corrected chi connectivity index (χ1v) is 7.43. The summed E-state index contributed by atoms with van der Waals surface area (Å²) in [5.74, 6) is 0.508. The number of hydrogen-bond donors (Lipinski definition) is 2. The molecule has 1 aromatic rings. The Bertz CT molecular complexity index is 467. The summed E-state index contributed by atoms with van der Waals surface area (Å²) in [6, 6.07) is 5.22. The molecule has 0 heterocycles. The van der Waals surface area contributed by atoms with Crippen molar-refractivity contribution in [1.29, 1.82) is 0 Å². The van der Waals surface area contributed by atoms with Gasteiger partial charge in [-0.3, -0.25) is 4.99 Å². The molecule has 2 N–H and O–H groups in total. The van der Waals surface area contributed by atoms with Crippen LogP contribution in [0.1, 0.15) is 17.5 Å². The van der Waals surface area contributed by atoms with E-state index in [0.717, 1.165) is 18.5 Å². The molecular weight excluding hydrogens is 285 g/mol. The van der Waals surface area contributed by atoms with Crippen molar-refractivity contribution in [3.8, 4) is 0 Å². The fraction of sp³-hybridized carbons (Fsp3) is 0.562. The van der Waals surface area contributed by atoms with Crippen LogP contribution >= 0.6 is 0 Å². The average molecular weight is 311 g/mol. The largest absolute Gasteiger partial charge is 0.382 e. The number of hydrogen-bond acceptors (Lipinski definition) is 3. The van der Waals surface area contributed by atoms with Gasteiger partial charge in [0.05, 0.1) is 13.2 Å². The van der Waals surface area contributed by atoms with Crippen LogP contribution in [-0.4, -0.2) is 46.5 Å². The Morgan fingerprint density at radius 3 is 2.73 bits per heavy atom. The van der Waals surface area contributed by atoms with E-state index in [-0.39, 0.29) is 5.82 Å². The fourth-order valence-electron chi connectivity index (χ4n) is 1.78. The number of halogens is 1. The molecule has 0 amide bonds. The molecule has 124 valence electrons. The van der Waals surface area contributed by atoms with Crippen LogP contribution in [0.3, 0.4) is 0 Å². The van der Waals surface area contributed by atoms with Crippen LogP contribution < -0.4 is 10.6 Å². The average Bonchev–Trinajstić information content (AvgIpc) is 2.52. The molecule has 5 nitrogen and oxygen atoms in total. The zero-order valence-electron chi connectivity index (χ0n) is 13.6. The number of ether oxygens (including phenoxy) is 2. The maximum Gasteiger partial charge on any atom is 0.191 e. The third-order valence-electron chi connectivity index (χ3n) is 3.11. The zero-order valence-corrected chi connectivity index (χ0v) is 13.6. The van der Waals surface area contributed by atoms with Gasteiger partial charge in [0.2, 0.25) is 0 Å². The van der Waals surface area contributed by atoms with Gasteiger partial charge in [0.15, 0.2) is 5.96 Å². The van der Waals surface area contributed by atoms with Crippen LogP contribution in [0.25, 0.3) is 0 Å². The number of guanidine groups is 1. The SMILES string of the molecule is CN=C(NCCCOCCOC)NCc1ccc(C)c(F)c1. The van der Waals surface area contributed by atoms with Crippen molar-refractivity contribution in [1.82, 2.24) is 10.6 Å². The maximum atomic E-state index is 13.5. The number of benzene rings is 1. The standard InChI is InChI=1S/C16H26FN3O2/c1-13-5-6-14(11-15(13)17)12-20-16(18-2)19-7-4-8-22-10-9-21-3/h5-6,11H,4,7-10,12H2,1-3H3,(H2,18,19,20). The van der Waals surface area contributed by atoms with Gasteiger partial charge in [0.25, 0.3) is 0 Å². The van der Waals surface area contributed by atoms with E-state index in [4.69, 9.17) is 9.47 Å². The molecule has 22 heavy (non-hydrogen) atoms. The van der Waals surface area contributed by atoms with Gasteiger partial charge in [0, 0.05) is 33.9 Å². The fourth-order valence-corrected chi connectivity index (χ4v) is 1.78. The number of rotatable bonds is 9. The number of nitrogens with one attached hydrogen (secondary N) is 2. The lowest BCUT2D eigenvalue weighted by Gasteiger charge is -2.12. The van der Waals surface area contributed by atoms with Crippen LogP contribution in [0, 0.1) is 12.7 Å². The minimum Gasteiger partial charge on any atom is -0.382 e. The summed E-state index contributed by atoms with van der Waals surface area (Å²) in [5.41, 5.74) is 1.54. The molecule has 1 rings (SSSR count). The van der Waals surface area contributed by atoms with Gasteiger partial charge in [-0.15, -0.1) is 0 Å². The van der Waals surface area contributed by atoms with Gasteiger partial charge in [-0.25, -0.2) is 4.39 Å². The lowest BCUT2D eigenvalue weighted by Crippen LogP contribution is -2.37. The minimum absolute atomic E-state index is 0.185. The first kappa shape index (κ1) is 18.4. The van der Waals surface area contributed by atoms with Gasteiger partial charge < -0.3 is 20.1 Å². The number of aliphatic imine (C=N–C) groups is 1. The van der Waals surface area contributed by atoms with E-state index < -0.39 is 0 Å². The molecular formula is C16H26FN3O2. The molecule has 0 atom stereocenters. The van der Waals surface area contributed by atoms with Crippen molar-refractivity contribution >= 4 is 5.96 Å². The predicted molar refractivity (Wildman–Crippen MR) is 86.7 cm³/mol. The highest BCUT2D eigenvalue weighted by Crippen LogP contribution is 2.08. The van der Waals surface area contributed by atoms with Crippen LogP contribution in [0.4, 0.5) is 4.39 Å². The van der Waals surface area contributed by atoms with Crippen LogP contribution in [0.15, 0.2) is 23.2 Å². The molecule has 0 aliphatic rings. The third kappa shape index (κ3) is 7.38. The number of nitrogens with zero attached hydrogens (tertiary/aromatic N) is 1. The molecule has 0 aliphatic heterocycles.